The Morgan fingerprint density at radius 3 is 2.69 bits per heavy atom. The van der Waals surface area contributed by atoms with Gasteiger partial charge in [-0.1, -0.05) is 18.2 Å². The van der Waals surface area contributed by atoms with Gasteiger partial charge in [0.15, 0.2) is 0 Å². The van der Waals surface area contributed by atoms with Crippen LogP contribution in [0.25, 0.3) is 0 Å². The normalized spacial score (nSPS) is 17.8. The zero-order chi connectivity index (χ0) is 17.9. The highest BCUT2D eigenvalue weighted by atomic mass is 19.1. The first-order valence-electron chi connectivity index (χ1n) is 9.28. The second-order valence-electron chi connectivity index (χ2n) is 7.11. The Morgan fingerprint density at radius 1 is 1.04 bits per heavy atom. The first-order chi connectivity index (χ1) is 12.7. The van der Waals surface area contributed by atoms with E-state index < -0.39 is 0 Å². The molecule has 0 atom stereocenters. The monoisotopic (exact) mass is 353 g/mol. The fraction of sp³-hybridized carbons (Fsp3) is 0.381. The summed E-state index contributed by atoms with van der Waals surface area (Å²) in [6.07, 6.45) is 0.984. The number of piperazine rings is 1. The van der Waals surface area contributed by atoms with Crippen molar-refractivity contribution in [2.45, 2.75) is 19.5 Å². The SMILES string of the molecule is O=C(c1ccc2c(c1)CCNC2)N1CCN(Cc2cccc(F)c2)CC1. The minimum Gasteiger partial charge on any atom is -0.336 e. The van der Waals surface area contributed by atoms with Crippen molar-refractivity contribution in [1.82, 2.24) is 15.1 Å². The summed E-state index contributed by atoms with van der Waals surface area (Å²) in [5, 5.41) is 3.36. The summed E-state index contributed by atoms with van der Waals surface area (Å²) in [6, 6.07) is 12.8. The van der Waals surface area contributed by atoms with Crippen LogP contribution in [-0.4, -0.2) is 48.4 Å². The number of fused-ring (bicyclic) bond motifs is 1. The molecule has 0 radical (unpaired) electrons. The van der Waals surface area contributed by atoms with Crippen LogP contribution in [0.1, 0.15) is 27.0 Å². The van der Waals surface area contributed by atoms with Crippen molar-refractivity contribution < 1.29 is 9.18 Å². The number of hydrogen-bond acceptors (Lipinski definition) is 3. The Morgan fingerprint density at radius 2 is 1.88 bits per heavy atom. The molecule has 2 aromatic carbocycles. The lowest BCUT2D eigenvalue weighted by Gasteiger charge is -2.35. The largest absolute Gasteiger partial charge is 0.336 e. The van der Waals surface area contributed by atoms with Crippen LogP contribution in [0.5, 0.6) is 0 Å². The van der Waals surface area contributed by atoms with E-state index in [0.717, 1.165) is 50.3 Å². The van der Waals surface area contributed by atoms with Crippen molar-refractivity contribution in [3.8, 4) is 0 Å². The van der Waals surface area contributed by atoms with E-state index >= 15 is 0 Å². The predicted molar refractivity (Wildman–Crippen MR) is 99.4 cm³/mol. The lowest BCUT2D eigenvalue weighted by atomic mass is 9.98. The molecule has 136 valence electrons. The number of nitrogens with one attached hydrogen (secondary N) is 1. The highest BCUT2D eigenvalue weighted by molar-refractivity contribution is 5.94. The van der Waals surface area contributed by atoms with Crippen molar-refractivity contribution in [2.24, 2.45) is 0 Å². The summed E-state index contributed by atoms with van der Waals surface area (Å²) in [7, 11) is 0. The average molecular weight is 353 g/mol. The van der Waals surface area contributed by atoms with Gasteiger partial charge in [0.2, 0.25) is 0 Å². The molecule has 4 nitrogen and oxygen atoms in total. The van der Waals surface area contributed by atoms with E-state index in [1.54, 1.807) is 12.1 Å². The molecule has 0 aromatic heterocycles. The molecule has 0 spiro atoms. The first-order valence-corrected chi connectivity index (χ1v) is 9.28. The van der Waals surface area contributed by atoms with Gasteiger partial charge < -0.3 is 10.2 Å². The molecule has 0 unspecified atom stereocenters. The Hall–Kier alpha value is -2.24. The lowest BCUT2D eigenvalue weighted by molar-refractivity contribution is 0.0628. The number of hydrogen-bond donors (Lipinski definition) is 1. The molecule has 2 heterocycles. The van der Waals surface area contributed by atoms with Crippen LogP contribution in [0, 0.1) is 5.82 Å². The van der Waals surface area contributed by atoms with E-state index in [9.17, 15) is 9.18 Å². The number of halogens is 1. The summed E-state index contributed by atoms with van der Waals surface area (Å²) in [4.78, 5) is 17.0. The molecule has 0 saturated carbocycles. The number of rotatable bonds is 3. The first kappa shape index (κ1) is 17.2. The van der Waals surface area contributed by atoms with Gasteiger partial charge in [-0.2, -0.15) is 0 Å². The average Bonchev–Trinajstić information content (AvgIpc) is 2.68. The predicted octanol–water partition coefficient (Wildman–Crippen LogP) is 2.43. The number of nitrogens with zero attached hydrogens (tertiary/aromatic N) is 2. The molecule has 0 bridgehead atoms. The molecule has 1 saturated heterocycles. The van der Waals surface area contributed by atoms with Gasteiger partial charge in [-0.3, -0.25) is 9.69 Å². The highest BCUT2D eigenvalue weighted by Crippen LogP contribution is 2.18. The number of benzene rings is 2. The van der Waals surface area contributed by atoms with E-state index in [1.807, 2.05) is 17.0 Å². The molecule has 2 aliphatic heterocycles. The molecular weight excluding hydrogens is 329 g/mol. The molecular formula is C21H24FN3O. The summed E-state index contributed by atoms with van der Waals surface area (Å²) < 4.78 is 13.3. The second kappa shape index (κ2) is 7.56. The van der Waals surface area contributed by atoms with Gasteiger partial charge >= 0.3 is 0 Å². The molecule has 2 aromatic rings. The molecule has 5 heteroatoms. The van der Waals surface area contributed by atoms with E-state index in [-0.39, 0.29) is 11.7 Å². The third kappa shape index (κ3) is 3.79. The van der Waals surface area contributed by atoms with E-state index in [4.69, 9.17) is 0 Å². The van der Waals surface area contributed by atoms with Gasteiger partial charge in [-0.25, -0.2) is 4.39 Å². The fourth-order valence-corrected chi connectivity index (χ4v) is 3.80. The van der Waals surface area contributed by atoms with Gasteiger partial charge in [0, 0.05) is 44.8 Å². The number of carbonyl (C=O) groups is 1. The van der Waals surface area contributed by atoms with Gasteiger partial charge in [-0.15, -0.1) is 0 Å². The van der Waals surface area contributed by atoms with Crippen LogP contribution < -0.4 is 5.32 Å². The number of amides is 1. The molecule has 26 heavy (non-hydrogen) atoms. The van der Waals surface area contributed by atoms with Gasteiger partial charge in [0.05, 0.1) is 0 Å². The smallest absolute Gasteiger partial charge is 0.253 e. The summed E-state index contributed by atoms with van der Waals surface area (Å²) in [5.74, 6) is -0.0735. The summed E-state index contributed by atoms with van der Waals surface area (Å²) in [6.45, 7) is 5.66. The van der Waals surface area contributed by atoms with E-state index in [1.165, 1.54) is 17.2 Å². The van der Waals surface area contributed by atoms with Crippen LogP contribution in [-0.2, 0) is 19.5 Å². The van der Waals surface area contributed by atoms with Crippen molar-refractivity contribution in [1.29, 1.82) is 0 Å². The lowest BCUT2D eigenvalue weighted by Crippen LogP contribution is -2.48. The maximum absolute atomic E-state index is 13.3. The van der Waals surface area contributed by atoms with Crippen LogP contribution in [0.3, 0.4) is 0 Å². The maximum atomic E-state index is 13.3. The van der Waals surface area contributed by atoms with Crippen LogP contribution in [0.15, 0.2) is 42.5 Å². The fourth-order valence-electron chi connectivity index (χ4n) is 3.80. The van der Waals surface area contributed by atoms with E-state index in [0.29, 0.717) is 13.1 Å². The van der Waals surface area contributed by atoms with Crippen molar-refractivity contribution in [3.05, 3.63) is 70.5 Å². The molecule has 1 fully saturated rings. The topological polar surface area (TPSA) is 35.6 Å². The minimum atomic E-state index is -0.195. The Kier molecular flexibility index (Phi) is 5.00. The Labute approximate surface area is 153 Å². The van der Waals surface area contributed by atoms with Crippen molar-refractivity contribution >= 4 is 5.91 Å². The zero-order valence-electron chi connectivity index (χ0n) is 14.9. The standard InChI is InChI=1S/C21H24FN3O/c22-20-3-1-2-16(12-20)15-24-8-10-25(11-9-24)21(26)18-4-5-19-14-23-7-6-17(19)13-18/h1-5,12-13,23H,6-11,14-15H2. The maximum Gasteiger partial charge on any atom is 0.253 e. The second-order valence-corrected chi connectivity index (χ2v) is 7.11. The van der Waals surface area contributed by atoms with Crippen molar-refractivity contribution in [2.75, 3.05) is 32.7 Å². The van der Waals surface area contributed by atoms with Crippen LogP contribution in [0.2, 0.25) is 0 Å². The van der Waals surface area contributed by atoms with Crippen LogP contribution >= 0.6 is 0 Å². The minimum absolute atomic E-state index is 0.122. The quantitative estimate of drug-likeness (QED) is 0.921. The third-order valence-electron chi connectivity index (χ3n) is 5.29. The van der Waals surface area contributed by atoms with Gasteiger partial charge in [-0.05, 0) is 53.9 Å². The highest BCUT2D eigenvalue weighted by Gasteiger charge is 2.23. The van der Waals surface area contributed by atoms with E-state index in [2.05, 4.69) is 22.3 Å². The third-order valence-corrected chi connectivity index (χ3v) is 5.29. The number of carbonyl (C=O) groups excluding carboxylic acids is 1. The van der Waals surface area contributed by atoms with Gasteiger partial charge in [0.25, 0.3) is 5.91 Å². The summed E-state index contributed by atoms with van der Waals surface area (Å²) in [5.41, 5.74) is 4.37. The molecule has 0 aliphatic carbocycles. The van der Waals surface area contributed by atoms with Gasteiger partial charge in [0.1, 0.15) is 5.82 Å². The Balaban J connectivity index is 1.36. The molecule has 1 amide bonds. The summed E-state index contributed by atoms with van der Waals surface area (Å²) >= 11 is 0. The van der Waals surface area contributed by atoms with Crippen molar-refractivity contribution in [3.63, 3.8) is 0 Å². The molecule has 4 rings (SSSR count). The Bertz CT molecular complexity index is 800. The zero-order valence-corrected chi connectivity index (χ0v) is 14.9. The van der Waals surface area contributed by atoms with Crippen LogP contribution in [0.4, 0.5) is 4.39 Å². The molecule has 1 N–H and O–H groups in total. The molecule has 2 aliphatic rings.